The van der Waals surface area contributed by atoms with Gasteiger partial charge in [0.15, 0.2) is 9.84 Å². The van der Waals surface area contributed by atoms with Gasteiger partial charge in [0.2, 0.25) is 10.0 Å². The second-order valence-electron chi connectivity index (χ2n) is 7.24. The van der Waals surface area contributed by atoms with Crippen molar-refractivity contribution < 1.29 is 43.2 Å². The van der Waals surface area contributed by atoms with Crippen LogP contribution in [0, 0.1) is 0 Å². The molecule has 170 valence electrons. The standard InChI is InChI=1S/C16H18F6N2O4S2/c17-15(18,19)11-7-12(16(20,21)22)9-14(8-11)30(27,28)24-4-2-23(3-5-24)13-1-6-29(25,26)10-13/h7-9,13H,1-6,10H2. The first-order valence-electron chi connectivity index (χ1n) is 8.84. The number of hydrogen-bond acceptors (Lipinski definition) is 5. The maximum Gasteiger partial charge on any atom is 0.416 e. The third-order valence-electron chi connectivity index (χ3n) is 5.20. The van der Waals surface area contributed by atoms with E-state index >= 15 is 0 Å². The molecule has 0 N–H and O–H groups in total. The maximum absolute atomic E-state index is 13.0. The molecule has 2 fully saturated rings. The molecule has 30 heavy (non-hydrogen) atoms. The van der Waals surface area contributed by atoms with E-state index in [1.807, 2.05) is 0 Å². The first-order chi connectivity index (χ1) is 13.6. The minimum absolute atomic E-state index is 0.0284. The van der Waals surface area contributed by atoms with Crippen molar-refractivity contribution in [2.75, 3.05) is 37.7 Å². The number of sulfonamides is 1. The highest BCUT2D eigenvalue weighted by Crippen LogP contribution is 2.38. The normalized spacial score (nSPS) is 24.3. The molecule has 14 heteroatoms. The summed E-state index contributed by atoms with van der Waals surface area (Å²) in [5, 5.41) is 0. The number of halogens is 6. The number of hydrogen-bond donors (Lipinski definition) is 0. The fraction of sp³-hybridized carbons (Fsp3) is 0.625. The summed E-state index contributed by atoms with van der Waals surface area (Å²) in [4.78, 5) is 0.700. The number of alkyl halides is 6. The van der Waals surface area contributed by atoms with E-state index in [2.05, 4.69) is 0 Å². The van der Waals surface area contributed by atoms with Crippen LogP contribution >= 0.6 is 0 Å². The van der Waals surface area contributed by atoms with Gasteiger partial charge >= 0.3 is 12.4 Å². The SMILES string of the molecule is O=S1(=O)CCC(N2CCN(S(=O)(=O)c3cc(C(F)(F)F)cc(C(F)(F)F)c3)CC2)C1. The number of benzene rings is 1. The lowest BCUT2D eigenvalue weighted by molar-refractivity contribution is -0.143. The van der Waals surface area contributed by atoms with Gasteiger partial charge in [0.1, 0.15) is 0 Å². The predicted octanol–water partition coefficient (Wildman–Crippen LogP) is 2.22. The van der Waals surface area contributed by atoms with E-state index in [0.29, 0.717) is 6.42 Å². The Kier molecular flexibility index (Phi) is 5.93. The summed E-state index contributed by atoms with van der Waals surface area (Å²) >= 11 is 0. The largest absolute Gasteiger partial charge is 0.416 e. The highest BCUT2D eigenvalue weighted by molar-refractivity contribution is 7.91. The Labute approximate surface area is 169 Å². The molecule has 0 saturated carbocycles. The van der Waals surface area contributed by atoms with Crippen molar-refractivity contribution in [3.05, 3.63) is 29.3 Å². The molecule has 0 aliphatic carbocycles. The van der Waals surface area contributed by atoms with E-state index in [1.54, 1.807) is 4.90 Å². The molecule has 2 heterocycles. The van der Waals surface area contributed by atoms with Crippen molar-refractivity contribution in [2.24, 2.45) is 0 Å². The van der Waals surface area contributed by atoms with Crippen LogP contribution in [0.1, 0.15) is 17.5 Å². The van der Waals surface area contributed by atoms with Crippen molar-refractivity contribution in [1.82, 2.24) is 9.21 Å². The molecule has 1 aromatic rings. The van der Waals surface area contributed by atoms with Crippen LogP contribution in [0.5, 0.6) is 0 Å². The Hall–Kier alpha value is -1.38. The molecule has 3 rings (SSSR count). The first kappa shape index (κ1) is 23.3. The van der Waals surface area contributed by atoms with Crippen LogP contribution in [0.3, 0.4) is 0 Å². The summed E-state index contributed by atoms with van der Waals surface area (Å²) in [6.07, 6.45) is -9.91. The minimum atomic E-state index is -5.15. The molecule has 2 aliphatic rings. The monoisotopic (exact) mass is 480 g/mol. The number of sulfone groups is 1. The molecule has 6 nitrogen and oxygen atoms in total. The smallest absolute Gasteiger partial charge is 0.297 e. The lowest BCUT2D eigenvalue weighted by Gasteiger charge is -2.37. The second kappa shape index (κ2) is 7.64. The van der Waals surface area contributed by atoms with Crippen LogP contribution in [0.2, 0.25) is 0 Å². The van der Waals surface area contributed by atoms with E-state index < -0.39 is 48.2 Å². The minimum Gasteiger partial charge on any atom is -0.297 e. The third kappa shape index (κ3) is 4.92. The molecular weight excluding hydrogens is 462 g/mol. The molecule has 0 bridgehead atoms. The molecule has 1 atom stereocenters. The highest BCUT2D eigenvalue weighted by Gasteiger charge is 2.40. The third-order valence-corrected chi connectivity index (χ3v) is 8.82. The zero-order valence-electron chi connectivity index (χ0n) is 15.4. The summed E-state index contributed by atoms with van der Waals surface area (Å²) in [6, 6.07) is -0.0105. The molecule has 2 saturated heterocycles. The fourth-order valence-electron chi connectivity index (χ4n) is 3.60. The highest BCUT2D eigenvalue weighted by atomic mass is 32.2. The average Bonchev–Trinajstić information content (AvgIpc) is 3.00. The zero-order valence-corrected chi connectivity index (χ0v) is 17.0. The predicted molar refractivity (Wildman–Crippen MR) is 93.8 cm³/mol. The summed E-state index contributed by atoms with van der Waals surface area (Å²) in [7, 11) is -7.76. The van der Waals surface area contributed by atoms with E-state index in [1.165, 1.54) is 0 Å². The Balaban J connectivity index is 1.84. The van der Waals surface area contributed by atoms with E-state index in [4.69, 9.17) is 0 Å². The second-order valence-corrected chi connectivity index (χ2v) is 11.4. The number of rotatable bonds is 3. The van der Waals surface area contributed by atoms with E-state index in [9.17, 15) is 43.2 Å². The van der Waals surface area contributed by atoms with Gasteiger partial charge in [-0.1, -0.05) is 0 Å². The number of nitrogens with zero attached hydrogens (tertiary/aromatic N) is 2. The van der Waals surface area contributed by atoms with Gasteiger partial charge in [-0.25, -0.2) is 16.8 Å². The van der Waals surface area contributed by atoms with E-state index in [-0.39, 0.29) is 61.9 Å². The molecule has 0 aromatic heterocycles. The van der Waals surface area contributed by atoms with Crippen molar-refractivity contribution in [3.8, 4) is 0 Å². The van der Waals surface area contributed by atoms with Crippen molar-refractivity contribution in [2.45, 2.75) is 29.7 Å². The Bertz CT molecular complexity index is 981. The van der Waals surface area contributed by atoms with Crippen LogP contribution in [0.15, 0.2) is 23.1 Å². The Morgan fingerprint density at radius 3 is 1.77 bits per heavy atom. The first-order valence-corrected chi connectivity index (χ1v) is 12.1. The van der Waals surface area contributed by atoms with Crippen LogP contribution < -0.4 is 0 Å². The van der Waals surface area contributed by atoms with Gasteiger partial charge in [-0.05, 0) is 24.6 Å². The summed E-state index contributed by atoms with van der Waals surface area (Å²) < 4.78 is 128. The molecule has 0 spiro atoms. The zero-order chi connectivity index (χ0) is 22.5. The Morgan fingerprint density at radius 2 is 1.37 bits per heavy atom. The van der Waals surface area contributed by atoms with Gasteiger partial charge in [0.05, 0.1) is 27.5 Å². The maximum atomic E-state index is 13.0. The van der Waals surface area contributed by atoms with Gasteiger partial charge in [0.25, 0.3) is 0 Å². The van der Waals surface area contributed by atoms with Crippen LogP contribution in [-0.4, -0.2) is 69.8 Å². The fourth-order valence-corrected chi connectivity index (χ4v) is 6.85. The molecule has 2 aliphatic heterocycles. The molecule has 1 unspecified atom stereocenters. The quantitative estimate of drug-likeness (QED) is 0.621. The molecular formula is C16H18F6N2O4S2. The van der Waals surface area contributed by atoms with Gasteiger partial charge in [-0.3, -0.25) is 4.90 Å². The molecule has 1 aromatic carbocycles. The van der Waals surface area contributed by atoms with Crippen molar-refractivity contribution in [3.63, 3.8) is 0 Å². The summed E-state index contributed by atoms with van der Waals surface area (Å²) in [6.45, 7) is -0.0814. The van der Waals surface area contributed by atoms with Crippen LogP contribution in [-0.2, 0) is 32.2 Å². The average molecular weight is 480 g/mol. The topological polar surface area (TPSA) is 74.8 Å². The Morgan fingerprint density at radius 1 is 0.867 bits per heavy atom. The number of piperazine rings is 1. The molecule has 0 radical (unpaired) electrons. The van der Waals surface area contributed by atoms with Crippen LogP contribution in [0.4, 0.5) is 26.3 Å². The molecule has 0 amide bonds. The van der Waals surface area contributed by atoms with Gasteiger partial charge in [-0.15, -0.1) is 0 Å². The lowest BCUT2D eigenvalue weighted by atomic mass is 10.1. The van der Waals surface area contributed by atoms with E-state index in [0.717, 1.165) is 4.31 Å². The summed E-state index contributed by atoms with van der Waals surface area (Å²) in [5.41, 5.74) is -3.41. The van der Waals surface area contributed by atoms with Crippen LogP contribution in [0.25, 0.3) is 0 Å². The van der Waals surface area contributed by atoms with Gasteiger partial charge in [-0.2, -0.15) is 30.6 Å². The lowest BCUT2D eigenvalue weighted by Crippen LogP contribution is -2.52. The van der Waals surface area contributed by atoms with Gasteiger partial charge < -0.3 is 0 Å². The van der Waals surface area contributed by atoms with Crippen molar-refractivity contribution in [1.29, 1.82) is 0 Å². The summed E-state index contributed by atoms with van der Waals surface area (Å²) in [5.74, 6) is -0.0248. The van der Waals surface area contributed by atoms with Crippen molar-refractivity contribution >= 4 is 19.9 Å². The van der Waals surface area contributed by atoms with Gasteiger partial charge in [0, 0.05) is 32.2 Å².